The summed E-state index contributed by atoms with van der Waals surface area (Å²) in [5.41, 5.74) is 0. The molecule has 0 unspecified atom stereocenters. The van der Waals surface area contributed by atoms with Gasteiger partial charge in [0.1, 0.15) is 6.54 Å². The Hall–Kier alpha value is -1.36. The fourth-order valence-electron chi connectivity index (χ4n) is 1.95. The Balaban J connectivity index is 2.36. The first-order valence-electron chi connectivity index (χ1n) is 7.13. The monoisotopic (exact) mass is 297 g/mol. The summed E-state index contributed by atoms with van der Waals surface area (Å²) in [4.78, 5) is 26.5. The lowest BCUT2D eigenvalue weighted by molar-refractivity contribution is -0.149. The van der Waals surface area contributed by atoms with Crippen LogP contribution in [-0.2, 0) is 20.7 Å². The van der Waals surface area contributed by atoms with E-state index < -0.39 is 0 Å². The van der Waals surface area contributed by atoms with Gasteiger partial charge in [0.25, 0.3) is 0 Å². The summed E-state index contributed by atoms with van der Waals surface area (Å²) >= 11 is 1.71. The number of esters is 1. The minimum absolute atomic E-state index is 0.0384. The van der Waals surface area contributed by atoms with Crippen LogP contribution in [0, 0.1) is 0 Å². The molecular weight excluding hydrogens is 274 g/mol. The van der Waals surface area contributed by atoms with Crippen molar-refractivity contribution >= 4 is 23.2 Å². The van der Waals surface area contributed by atoms with Gasteiger partial charge in [-0.1, -0.05) is 13.0 Å². The van der Waals surface area contributed by atoms with Crippen LogP contribution >= 0.6 is 11.3 Å². The molecule has 0 saturated carbocycles. The van der Waals surface area contributed by atoms with Gasteiger partial charge in [-0.25, -0.2) is 0 Å². The third-order valence-electron chi connectivity index (χ3n) is 2.87. The summed E-state index contributed by atoms with van der Waals surface area (Å²) in [7, 11) is 0. The number of thiophene rings is 1. The number of carbonyl (C=O) groups is 2. The van der Waals surface area contributed by atoms with Crippen molar-refractivity contribution < 1.29 is 14.3 Å². The fourth-order valence-corrected chi connectivity index (χ4v) is 2.70. The second kappa shape index (κ2) is 9.53. The van der Waals surface area contributed by atoms with Crippen LogP contribution in [0.3, 0.4) is 0 Å². The van der Waals surface area contributed by atoms with E-state index in [1.54, 1.807) is 23.2 Å². The molecule has 4 nitrogen and oxygen atoms in total. The van der Waals surface area contributed by atoms with Gasteiger partial charge < -0.3 is 9.64 Å². The highest BCUT2D eigenvalue weighted by Crippen LogP contribution is 2.12. The quantitative estimate of drug-likeness (QED) is 0.658. The topological polar surface area (TPSA) is 46.6 Å². The lowest BCUT2D eigenvalue weighted by Gasteiger charge is -2.21. The van der Waals surface area contributed by atoms with Gasteiger partial charge in [-0.15, -0.1) is 11.3 Å². The SMILES string of the molecule is CCCN(CC(=O)OCC)C(=O)CCCc1cccs1. The van der Waals surface area contributed by atoms with Crippen LogP contribution in [0.1, 0.15) is 38.0 Å². The van der Waals surface area contributed by atoms with E-state index in [4.69, 9.17) is 4.74 Å². The first-order chi connectivity index (χ1) is 9.67. The van der Waals surface area contributed by atoms with Crippen LogP contribution in [0.15, 0.2) is 17.5 Å². The summed E-state index contributed by atoms with van der Waals surface area (Å²) in [6.07, 6.45) is 3.07. The van der Waals surface area contributed by atoms with E-state index in [-0.39, 0.29) is 18.4 Å². The van der Waals surface area contributed by atoms with Gasteiger partial charge in [0, 0.05) is 17.8 Å². The highest BCUT2D eigenvalue weighted by molar-refractivity contribution is 7.09. The van der Waals surface area contributed by atoms with E-state index in [1.807, 2.05) is 18.4 Å². The average Bonchev–Trinajstić information content (AvgIpc) is 2.91. The van der Waals surface area contributed by atoms with Gasteiger partial charge in [-0.3, -0.25) is 9.59 Å². The van der Waals surface area contributed by atoms with Crippen molar-refractivity contribution in [1.29, 1.82) is 0 Å². The molecule has 112 valence electrons. The second-order valence-corrected chi connectivity index (χ2v) is 5.59. The number of ether oxygens (including phenoxy) is 1. The van der Waals surface area contributed by atoms with Crippen molar-refractivity contribution in [3.8, 4) is 0 Å². The van der Waals surface area contributed by atoms with Crippen LogP contribution in [-0.4, -0.2) is 36.5 Å². The minimum atomic E-state index is -0.326. The normalized spacial score (nSPS) is 10.3. The molecule has 0 spiro atoms. The van der Waals surface area contributed by atoms with E-state index in [9.17, 15) is 9.59 Å². The van der Waals surface area contributed by atoms with Crippen molar-refractivity contribution in [3.63, 3.8) is 0 Å². The number of rotatable bonds is 9. The summed E-state index contributed by atoms with van der Waals surface area (Å²) in [6, 6.07) is 4.10. The van der Waals surface area contributed by atoms with Crippen molar-refractivity contribution in [2.24, 2.45) is 0 Å². The first-order valence-corrected chi connectivity index (χ1v) is 8.01. The van der Waals surface area contributed by atoms with Crippen LogP contribution in [0.25, 0.3) is 0 Å². The lowest BCUT2D eigenvalue weighted by Crippen LogP contribution is -2.37. The molecule has 1 heterocycles. The smallest absolute Gasteiger partial charge is 0.325 e. The minimum Gasteiger partial charge on any atom is -0.465 e. The van der Waals surface area contributed by atoms with Gasteiger partial charge >= 0.3 is 5.97 Å². The van der Waals surface area contributed by atoms with Gasteiger partial charge in [-0.05, 0) is 37.6 Å². The van der Waals surface area contributed by atoms with Crippen molar-refractivity contribution in [2.45, 2.75) is 39.5 Å². The number of nitrogens with zero attached hydrogens (tertiary/aromatic N) is 1. The molecule has 0 aliphatic rings. The van der Waals surface area contributed by atoms with Gasteiger partial charge in [0.05, 0.1) is 6.61 Å². The molecule has 0 aromatic carbocycles. The number of hydrogen-bond acceptors (Lipinski definition) is 4. The van der Waals surface area contributed by atoms with Crippen molar-refractivity contribution in [3.05, 3.63) is 22.4 Å². The largest absolute Gasteiger partial charge is 0.465 e. The van der Waals surface area contributed by atoms with Crippen molar-refractivity contribution in [2.75, 3.05) is 19.7 Å². The zero-order valence-electron chi connectivity index (χ0n) is 12.3. The van der Waals surface area contributed by atoms with Crippen molar-refractivity contribution in [1.82, 2.24) is 4.90 Å². The van der Waals surface area contributed by atoms with Crippen LogP contribution in [0.2, 0.25) is 0 Å². The van der Waals surface area contributed by atoms with E-state index in [1.165, 1.54) is 4.88 Å². The molecule has 0 bridgehead atoms. The zero-order chi connectivity index (χ0) is 14.8. The van der Waals surface area contributed by atoms with Crippen LogP contribution < -0.4 is 0 Å². The molecule has 1 aromatic rings. The van der Waals surface area contributed by atoms with E-state index in [2.05, 4.69) is 6.07 Å². The van der Waals surface area contributed by atoms with E-state index in [0.717, 1.165) is 19.3 Å². The Bertz CT molecular complexity index is 403. The summed E-state index contributed by atoms with van der Waals surface area (Å²) < 4.78 is 4.90. The van der Waals surface area contributed by atoms with Crippen LogP contribution in [0.4, 0.5) is 0 Å². The molecule has 1 aromatic heterocycles. The lowest BCUT2D eigenvalue weighted by atomic mass is 10.2. The van der Waals surface area contributed by atoms with Gasteiger partial charge in [0.2, 0.25) is 5.91 Å². The Labute approximate surface area is 124 Å². The Morgan fingerprint density at radius 2 is 2.15 bits per heavy atom. The highest BCUT2D eigenvalue weighted by Gasteiger charge is 2.16. The predicted molar refractivity (Wildman–Crippen MR) is 80.8 cm³/mol. The number of hydrogen-bond donors (Lipinski definition) is 0. The second-order valence-electron chi connectivity index (χ2n) is 4.55. The first kappa shape index (κ1) is 16.7. The molecule has 0 radical (unpaired) electrons. The number of amides is 1. The molecule has 0 atom stereocenters. The molecule has 0 aliphatic carbocycles. The maximum atomic E-state index is 12.1. The molecule has 1 amide bonds. The van der Waals surface area contributed by atoms with Gasteiger partial charge in [-0.2, -0.15) is 0 Å². The molecule has 0 N–H and O–H groups in total. The summed E-state index contributed by atoms with van der Waals surface area (Å²) in [5, 5.41) is 2.04. The standard InChI is InChI=1S/C15H23NO3S/c1-3-10-16(12-15(18)19-4-2)14(17)9-5-7-13-8-6-11-20-13/h6,8,11H,3-5,7,9-10,12H2,1-2H3. The zero-order valence-corrected chi connectivity index (χ0v) is 13.1. The van der Waals surface area contributed by atoms with Crippen LogP contribution in [0.5, 0.6) is 0 Å². The molecule has 1 rings (SSSR count). The fraction of sp³-hybridized carbons (Fsp3) is 0.600. The predicted octanol–water partition coefficient (Wildman–Crippen LogP) is 2.87. The van der Waals surface area contributed by atoms with Gasteiger partial charge in [0.15, 0.2) is 0 Å². The molecule has 0 aliphatic heterocycles. The third-order valence-corrected chi connectivity index (χ3v) is 3.80. The maximum Gasteiger partial charge on any atom is 0.325 e. The highest BCUT2D eigenvalue weighted by atomic mass is 32.1. The molecule has 0 saturated heterocycles. The Kier molecular flexibility index (Phi) is 7.95. The summed E-state index contributed by atoms with van der Waals surface area (Å²) in [5.74, 6) is -0.288. The molecule has 0 fully saturated rings. The Morgan fingerprint density at radius 3 is 2.75 bits per heavy atom. The molecule has 5 heteroatoms. The molecule has 20 heavy (non-hydrogen) atoms. The number of aryl methyl sites for hydroxylation is 1. The van der Waals surface area contributed by atoms with E-state index >= 15 is 0 Å². The summed E-state index contributed by atoms with van der Waals surface area (Å²) in [6.45, 7) is 4.80. The molecular formula is C15H23NO3S. The Morgan fingerprint density at radius 1 is 1.35 bits per heavy atom. The maximum absolute atomic E-state index is 12.1. The third kappa shape index (κ3) is 6.19. The number of carbonyl (C=O) groups excluding carboxylic acids is 2. The average molecular weight is 297 g/mol. The van der Waals surface area contributed by atoms with E-state index in [0.29, 0.717) is 19.6 Å².